The monoisotopic (exact) mass is 1290 g/mol. The second-order valence-corrected chi connectivity index (χ2v) is 29.2. The van der Waals surface area contributed by atoms with Gasteiger partial charge in [-0.2, -0.15) is 47.0 Å². The molecule has 16 heteroatoms. The molecule has 0 aromatic carbocycles. The SMILES string of the molecule is CCCCC(CCCC)CCCSCC(C)C(=O)O.CCCCC(CCCC)CCCSCC(C)C(=O)O.CCCCC(CCCC)CCCSCC(C)C(=O)O.CCCCC(CCCC)CCCSCC(C)C(=O)O.OCC(CO)(CO)CO. The van der Waals surface area contributed by atoms with Crippen LogP contribution in [0.15, 0.2) is 0 Å². The van der Waals surface area contributed by atoms with Crippen molar-refractivity contribution in [3.63, 3.8) is 0 Å². The van der Waals surface area contributed by atoms with Crippen LogP contribution < -0.4 is 0 Å². The molecule has 0 aliphatic carbocycles. The molecule has 0 aromatic heterocycles. The molecule has 0 aliphatic heterocycles. The van der Waals surface area contributed by atoms with Gasteiger partial charge in [0.15, 0.2) is 0 Å². The summed E-state index contributed by atoms with van der Waals surface area (Å²) in [5.74, 6) is 7.58. The van der Waals surface area contributed by atoms with E-state index >= 15 is 0 Å². The van der Waals surface area contributed by atoms with Gasteiger partial charge in [0.1, 0.15) is 0 Å². The quantitative estimate of drug-likeness (QED) is 0.0265. The summed E-state index contributed by atoms with van der Waals surface area (Å²) in [6.45, 7) is 23.7. The molecule has 0 aromatic rings. The van der Waals surface area contributed by atoms with Gasteiger partial charge in [-0.15, -0.1) is 0 Å². The van der Waals surface area contributed by atoms with Gasteiger partial charge in [-0.3, -0.25) is 19.2 Å². The van der Waals surface area contributed by atoms with Gasteiger partial charge < -0.3 is 40.9 Å². The van der Waals surface area contributed by atoms with Gasteiger partial charge in [0, 0.05) is 23.0 Å². The number of unbranched alkanes of at least 4 members (excludes halogenated alkanes) is 8. The normalized spacial score (nSPS) is 12.8. The number of hydrogen-bond donors (Lipinski definition) is 8. The van der Waals surface area contributed by atoms with E-state index in [1.54, 1.807) is 74.7 Å². The maximum absolute atomic E-state index is 10.7. The average molecular weight is 1290 g/mol. The average Bonchev–Trinajstić information content (AvgIpc) is 3.51. The summed E-state index contributed by atoms with van der Waals surface area (Å²) in [4.78, 5) is 42.8. The van der Waals surface area contributed by atoms with Crippen LogP contribution in [0.5, 0.6) is 0 Å². The highest BCUT2D eigenvalue weighted by Gasteiger charge is 2.26. The van der Waals surface area contributed by atoms with Crippen molar-refractivity contribution in [1.82, 2.24) is 0 Å². The zero-order valence-electron chi connectivity index (χ0n) is 57.1. The zero-order valence-corrected chi connectivity index (χ0v) is 60.3. The molecule has 0 amide bonds. The second kappa shape index (κ2) is 70.6. The summed E-state index contributed by atoms with van der Waals surface area (Å²) in [5, 5.41) is 69.2. The predicted molar refractivity (Wildman–Crippen MR) is 374 cm³/mol. The number of hydrogen-bond acceptors (Lipinski definition) is 12. The lowest BCUT2D eigenvalue weighted by molar-refractivity contribution is -0.141. The van der Waals surface area contributed by atoms with Gasteiger partial charge in [0.05, 0.1) is 55.5 Å². The molecule has 0 fully saturated rings. The minimum absolute atomic E-state index is 0.207. The molecular weight excluding hydrogens is 1150 g/mol. The Morgan fingerprint density at radius 2 is 0.424 bits per heavy atom. The first-order chi connectivity index (χ1) is 40.7. The van der Waals surface area contributed by atoms with Crippen LogP contribution in [0.1, 0.15) is 289 Å². The van der Waals surface area contributed by atoms with Crippen LogP contribution in [0.4, 0.5) is 0 Å². The number of carboxylic acid groups (broad SMARTS) is 4. The van der Waals surface area contributed by atoms with Crippen molar-refractivity contribution in [3.8, 4) is 0 Å². The van der Waals surface area contributed by atoms with Gasteiger partial charge in [-0.1, -0.05) is 237 Å². The number of aliphatic hydroxyl groups is 4. The molecule has 0 radical (unpaired) electrons. The molecular formula is C69H140O12S4. The fourth-order valence-electron chi connectivity index (χ4n) is 9.20. The van der Waals surface area contributed by atoms with Crippen molar-refractivity contribution < 1.29 is 60.0 Å². The Kier molecular flexibility index (Phi) is 77.1. The van der Waals surface area contributed by atoms with E-state index in [0.717, 1.165) is 69.7 Å². The van der Waals surface area contributed by atoms with Crippen LogP contribution in [-0.2, 0) is 19.2 Å². The first-order valence-corrected chi connectivity index (χ1v) is 39.0. The molecule has 0 bridgehead atoms. The lowest BCUT2D eigenvalue weighted by Crippen LogP contribution is -2.37. The van der Waals surface area contributed by atoms with Crippen molar-refractivity contribution in [2.24, 2.45) is 52.8 Å². The molecule has 0 saturated carbocycles. The van der Waals surface area contributed by atoms with Crippen LogP contribution >= 0.6 is 47.0 Å². The molecule has 12 nitrogen and oxygen atoms in total. The second-order valence-electron chi connectivity index (χ2n) is 24.6. The van der Waals surface area contributed by atoms with Gasteiger partial charge in [-0.05, 0) is 98.0 Å². The van der Waals surface area contributed by atoms with E-state index in [4.69, 9.17) is 40.9 Å². The van der Waals surface area contributed by atoms with Crippen molar-refractivity contribution in [2.45, 2.75) is 289 Å². The minimum Gasteiger partial charge on any atom is -0.481 e. The highest BCUT2D eigenvalue weighted by atomic mass is 32.2. The maximum Gasteiger partial charge on any atom is 0.307 e. The smallest absolute Gasteiger partial charge is 0.307 e. The number of aliphatic carboxylic acids is 4. The third-order valence-corrected chi connectivity index (χ3v) is 21.1. The molecule has 0 rings (SSSR count). The molecule has 512 valence electrons. The summed E-state index contributed by atoms with van der Waals surface area (Å²) < 4.78 is 0. The van der Waals surface area contributed by atoms with Crippen molar-refractivity contribution in [1.29, 1.82) is 0 Å². The molecule has 85 heavy (non-hydrogen) atoms. The van der Waals surface area contributed by atoms with Crippen LogP contribution in [0, 0.1) is 52.8 Å². The maximum atomic E-state index is 10.7. The van der Waals surface area contributed by atoms with E-state index in [9.17, 15) is 19.2 Å². The first-order valence-electron chi connectivity index (χ1n) is 34.4. The largest absolute Gasteiger partial charge is 0.481 e. The summed E-state index contributed by atoms with van der Waals surface area (Å²) in [7, 11) is 0. The van der Waals surface area contributed by atoms with E-state index in [1.165, 1.54) is 205 Å². The topological polar surface area (TPSA) is 230 Å². The van der Waals surface area contributed by atoms with E-state index < -0.39 is 55.7 Å². The van der Waals surface area contributed by atoms with E-state index in [-0.39, 0.29) is 23.7 Å². The Hall–Kier alpha value is -0.880. The van der Waals surface area contributed by atoms with Gasteiger partial charge in [0.25, 0.3) is 0 Å². The molecule has 4 unspecified atom stereocenters. The fourth-order valence-corrected chi connectivity index (χ4v) is 13.3. The summed E-state index contributed by atoms with van der Waals surface area (Å²) in [6, 6.07) is 0. The van der Waals surface area contributed by atoms with Crippen LogP contribution in [0.25, 0.3) is 0 Å². The van der Waals surface area contributed by atoms with E-state index in [0.29, 0.717) is 0 Å². The Morgan fingerprint density at radius 3 is 0.529 bits per heavy atom. The number of carboxylic acids is 4. The van der Waals surface area contributed by atoms with E-state index in [1.807, 2.05) is 0 Å². The first kappa shape index (κ1) is 92.8. The van der Waals surface area contributed by atoms with Crippen LogP contribution in [0.3, 0.4) is 0 Å². The van der Waals surface area contributed by atoms with Crippen molar-refractivity contribution in [3.05, 3.63) is 0 Å². The van der Waals surface area contributed by atoms with Crippen molar-refractivity contribution >= 4 is 70.9 Å². The highest BCUT2D eigenvalue weighted by molar-refractivity contribution is 7.99. The van der Waals surface area contributed by atoms with Gasteiger partial charge in [0.2, 0.25) is 0 Å². The number of rotatable bonds is 56. The Bertz CT molecular complexity index is 1180. The Morgan fingerprint density at radius 1 is 0.282 bits per heavy atom. The number of thioether (sulfide) groups is 4. The molecule has 0 heterocycles. The van der Waals surface area contributed by atoms with Gasteiger partial charge in [-0.25, -0.2) is 0 Å². The Labute approximate surface area is 541 Å². The third kappa shape index (κ3) is 65.9. The predicted octanol–water partition coefficient (Wildman–Crippen LogP) is 18.8. The van der Waals surface area contributed by atoms with Gasteiger partial charge >= 0.3 is 23.9 Å². The molecule has 0 aliphatic rings. The molecule has 4 atom stereocenters. The van der Waals surface area contributed by atoms with E-state index in [2.05, 4.69) is 55.4 Å². The van der Waals surface area contributed by atoms with Crippen molar-refractivity contribution in [2.75, 3.05) is 72.5 Å². The van der Waals surface area contributed by atoms with Crippen LogP contribution in [-0.4, -0.2) is 137 Å². The standard InChI is InChI=1S/4C16H32O2S.C5H12O4/c4*1-4-6-9-15(10-7-5-2)11-8-12-19-13-14(3)16(17)18;6-1-5(2-7,3-8)4-9/h4*14-15H,4-13H2,1-3H3,(H,17,18);6-9H,1-4H2. The lowest BCUT2D eigenvalue weighted by Gasteiger charge is -2.23. The minimum atomic E-state index is -1.11. The summed E-state index contributed by atoms with van der Waals surface area (Å²) in [6.07, 6.45) is 42.6. The third-order valence-electron chi connectivity index (χ3n) is 15.8. The lowest BCUT2D eigenvalue weighted by atomic mass is 9.92. The zero-order chi connectivity index (χ0) is 65.4. The molecule has 8 N–H and O–H groups in total. The highest BCUT2D eigenvalue weighted by Crippen LogP contribution is 2.27. The summed E-state index contributed by atoms with van der Waals surface area (Å²) >= 11 is 7.19. The Balaban J connectivity index is -0.000000319. The number of aliphatic hydroxyl groups excluding tert-OH is 4. The fraction of sp³-hybridized carbons (Fsp3) is 0.942. The number of carbonyl (C=O) groups is 4. The summed E-state index contributed by atoms with van der Waals surface area (Å²) in [5.41, 5.74) is -1.11. The van der Waals surface area contributed by atoms with Crippen LogP contribution in [0.2, 0.25) is 0 Å². The molecule has 0 saturated heterocycles. The molecule has 0 spiro atoms.